The summed E-state index contributed by atoms with van der Waals surface area (Å²) in [5.74, 6) is 0.559. The average molecular weight is 336 g/mol. The number of fused-ring (bicyclic) bond motifs is 1. The summed E-state index contributed by atoms with van der Waals surface area (Å²) in [4.78, 5) is 12.1. The van der Waals surface area contributed by atoms with E-state index in [9.17, 15) is 4.79 Å². The van der Waals surface area contributed by atoms with Crippen molar-refractivity contribution in [1.29, 1.82) is 0 Å². The SMILES string of the molecule is CCCCOc1ccc(C(=O)N/N=C/c2ccc3c(c2)CCC3)cc1. The molecule has 0 unspecified atom stereocenters. The number of amides is 1. The van der Waals surface area contributed by atoms with Gasteiger partial charge in [-0.05, 0) is 72.7 Å². The van der Waals surface area contributed by atoms with Crippen molar-refractivity contribution in [2.24, 2.45) is 5.10 Å². The van der Waals surface area contributed by atoms with Crippen LogP contribution in [0.2, 0.25) is 0 Å². The van der Waals surface area contributed by atoms with Crippen LogP contribution in [0.25, 0.3) is 0 Å². The van der Waals surface area contributed by atoms with Gasteiger partial charge in [0.15, 0.2) is 0 Å². The molecule has 3 rings (SSSR count). The number of ether oxygens (including phenoxy) is 1. The number of hydrogen-bond acceptors (Lipinski definition) is 3. The quantitative estimate of drug-likeness (QED) is 0.470. The maximum atomic E-state index is 12.1. The summed E-state index contributed by atoms with van der Waals surface area (Å²) < 4.78 is 5.60. The van der Waals surface area contributed by atoms with Crippen LogP contribution >= 0.6 is 0 Å². The maximum absolute atomic E-state index is 12.1. The Morgan fingerprint density at radius 1 is 1.16 bits per heavy atom. The predicted molar refractivity (Wildman–Crippen MR) is 100 cm³/mol. The fourth-order valence-electron chi connectivity index (χ4n) is 2.94. The minimum atomic E-state index is -0.225. The van der Waals surface area contributed by atoms with Gasteiger partial charge in [0.2, 0.25) is 0 Å². The zero-order chi connectivity index (χ0) is 17.5. The molecule has 4 nitrogen and oxygen atoms in total. The van der Waals surface area contributed by atoms with Gasteiger partial charge >= 0.3 is 0 Å². The fraction of sp³-hybridized carbons (Fsp3) is 0.333. The van der Waals surface area contributed by atoms with Crippen molar-refractivity contribution in [1.82, 2.24) is 5.43 Å². The lowest BCUT2D eigenvalue weighted by molar-refractivity contribution is 0.0955. The van der Waals surface area contributed by atoms with Crippen LogP contribution in [0.15, 0.2) is 47.6 Å². The smallest absolute Gasteiger partial charge is 0.271 e. The number of aryl methyl sites for hydroxylation is 2. The second kappa shape index (κ2) is 8.47. The number of nitrogens with one attached hydrogen (secondary N) is 1. The van der Waals surface area contributed by atoms with Gasteiger partial charge in [-0.3, -0.25) is 4.79 Å². The van der Waals surface area contributed by atoms with E-state index in [1.807, 2.05) is 18.2 Å². The molecule has 0 heterocycles. The lowest BCUT2D eigenvalue weighted by Crippen LogP contribution is -2.17. The van der Waals surface area contributed by atoms with Gasteiger partial charge < -0.3 is 4.74 Å². The first-order valence-electron chi connectivity index (χ1n) is 8.94. The van der Waals surface area contributed by atoms with Gasteiger partial charge in [-0.15, -0.1) is 0 Å². The van der Waals surface area contributed by atoms with Crippen molar-refractivity contribution in [3.63, 3.8) is 0 Å². The second-order valence-corrected chi connectivity index (χ2v) is 6.31. The molecular formula is C21H24N2O2. The first kappa shape index (κ1) is 17.2. The van der Waals surface area contributed by atoms with Crippen molar-refractivity contribution >= 4 is 12.1 Å². The molecule has 0 radical (unpaired) electrons. The Kier molecular flexibility index (Phi) is 5.83. The van der Waals surface area contributed by atoms with Crippen molar-refractivity contribution in [3.05, 3.63) is 64.7 Å². The topological polar surface area (TPSA) is 50.7 Å². The van der Waals surface area contributed by atoms with Crippen LogP contribution in [0.5, 0.6) is 5.75 Å². The van der Waals surface area contributed by atoms with E-state index >= 15 is 0 Å². The van der Waals surface area contributed by atoms with E-state index in [1.165, 1.54) is 24.0 Å². The van der Waals surface area contributed by atoms with E-state index in [4.69, 9.17) is 4.74 Å². The van der Waals surface area contributed by atoms with Crippen LogP contribution < -0.4 is 10.2 Å². The van der Waals surface area contributed by atoms with Crippen LogP contribution in [-0.2, 0) is 12.8 Å². The average Bonchev–Trinajstić information content (AvgIpc) is 3.10. The third kappa shape index (κ3) is 4.69. The van der Waals surface area contributed by atoms with Crippen LogP contribution in [0.3, 0.4) is 0 Å². The molecule has 0 aliphatic heterocycles. The van der Waals surface area contributed by atoms with Crippen molar-refractivity contribution in [2.75, 3.05) is 6.61 Å². The molecule has 1 amide bonds. The number of carbonyl (C=O) groups excluding carboxylic acids is 1. The summed E-state index contributed by atoms with van der Waals surface area (Å²) in [5, 5.41) is 4.07. The van der Waals surface area contributed by atoms with E-state index in [-0.39, 0.29) is 5.91 Å². The standard InChI is InChI=1S/C21H24N2O2/c1-2-3-13-25-20-11-9-18(10-12-20)21(24)23-22-15-16-7-8-17-5-4-6-19(17)14-16/h7-12,14-15H,2-6,13H2,1H3,(H,23,24)/b22-15+. The summed E-state index contributed by atoms with van der Waals surface area (Å²) >= 11 is 0. The summed E-state index contributed by atoms with van der Waals surface area (Å²) in [6, 6.07) is 13.5. The summed E-state index contributed by atoms with van der Waals surface area (Å²) in [6.45, 7) is 2.83. The number of hydrogen-bond donors (Lipinski definition) is 1. The molecule has 4 heteroatoms. The van der Waals surface area contributed by atoms with Crippen LogP contribution in [0.4, 0.5) is 0 Å². The van der Waals surface area contributed by atoms with Gasteiger partial charge in [-0.25, -0.2) is 5.43 Å². The predicted octanol–water partition coefficient (Wildman–Crippen LogP) is 4.12. The van der Waals surface area contributed by atoms with Gasteiger partial charge in [-0.2, -0.15) is 5.10 Å². The van der Waals surface area contributed by atoms with Gasteiger partial charge in [0, 0.05) is 5.56 Å². The number of carbonyl (C=O) groups is 1. The number of hydrazone groups is 1. The largest absolute Gasteiger partial charge is 0.494 e. The van der Waals surface area contributed by atoms with Crippen molar-refractivity contribution < 1.29 is 9.53 Å². The Balaban J connectivity index is 1.53. The van der Waals surface area contributed by atoms with Crippen molar-refractivity contribution in [3.8, 4) is 5.75 Å². The molecular weight excluding hydrogens is 312 g/mol. The Bertz CT molecular complexity index is 751. The first-order valence-corrected chi connectivity index (χ1v) is 8.94. The highest BCUT2D eigenvalue weighted by molar-refractivity contribution is 5.95. The molecule has 25 heavy (non-hydrogen) atoms. The molecule has 0 bridgehead atoms. The van der Waals surface area contributed by atoms with Gasteiger partial charge in [0.25, 0.3) is 5.91 Å². The van der Waals surface area contributed by atoms with Crippen LogP contribution in [0, 0.1) is 0 Å². The number of rotatable bonds is 7. The van der Waals surface area contributed by atoms with E-state index in [2.05, 4.69) is 29.6 Å². The highest BCUT2D eigenvalue weighted by Gasteiger charge is 2.10. The van der Waals surface area contributed by atoms with Crippen LogP contribution in [-0.4, -0.2) is 18.7 Å². The highest BCUT2D eigenvalue weighted by atomic mass is 16.5. The van der Waals surface area contributed by atoms with Crippen LogP contribution in [0.1, 0.15) is 53.2 Å². The highest BCUT2D eigenvalue weighted by Crippen LogP contribution is 2.22. The number of unbranched alkanes of at least 4 members (excludes halogenated alkanes) is 1. The number of benzene rings is 2. The molecule has 0 spiro atoms. The zero-order valence-corrected chi connectivity index (χ0v) is 14.6. The van der Waals surface area contributed by atoms with E-state index < -0.39 is 0 Å². The van der Waals surface area contributed by atoms with E-state index in [1.54, 1.807) is 18.3 Å². The molecule has 0 fully saturated rings. The number of nitrogens with zero attached hydrogens (tertiary/aromatic N) is 1. The molecule has 2 aromatic carbocycles. The second-order valence-electron chi connectivity index (χ2n) is 6.31. The molecule has 1 aliphatic rings. The third-order valence-electron chi connectivity index (χ3n) is 4.39. The summed E-state index contributed by atoms with van der Waals surface area (Å²) in [7, 11) is 0. The van der Waals surface area contributed by atoms with E-state index in [0.29, 0.717) is 12.2 Å². The Hall–Kier alpha value is -2.62. The molecule has 0 saturated carbocycles. The van der Waals surface area contributed by atoms with Gasteiger partial charge in [-0.1, -0.05) is 25.5 Å². The molecule has 130 valence electrons. The maximum Gasteiger partial charge on any atom is 0.271 e. The Morgan fingerprint density at radius 2 is 1.96 bits per heavy atom. The molecule has 1 aliphatic carbocycles. The molecule has 0 aromatic heterocycles. The normalized spacial score (nSPS) is 13.0. The fourth-order valence-corrected chi connectivity index (χ4v) is 2.94. The zero-order valence-electron chi connectivity index (χ0n) is 14.6. The monoisotopic (exact) mass is 336 g/mol. The third-order valence-corrected chi connectivity index (χ3v) is 4.39. The summed E-state index contributed by atoms with van der Waals surface area (Å²) in [6.07, 6.45) is 7.35. The minimum absolute atomic E-state index is 0.225. The Labute approximate surface area is 148 Å². The molecule has 0 atom stereocenters. The first-order chi connectivity index (χ1) is 12.3. The molecule has 2 aromatic rings. The lowest BCUT2D eigenvalue weighted by atomic mass is 10.1. The summed E-state index contributed by atoms with van der Waals surface area (Å²) in [5.41, 5.74) is 6.98. The van der Waals surface area contributed by atoms with Gasteiger partial charge in [0.05, 0.1) is 12.8 Å². The minimum Gasteiger partial charge on any atom is -0.494 e. The Morgan fingerprint density at radius 3 is 2.76 bits per heavy atom. The van der Waals surface area contributed by atoms with E-state index in [0.717, 1.165) is 30.6 Å². The van der Waals surface area contributed by atoms with Crippen molar-refractivity contribution in [2.45, 2.75) is 39.0 Å². The molecule has 0 saturated heterocycles. The van der Waals surface area contributed by atoms with Gasteiger partial charge in [0.1, 0.15) is 5.75 Å². The molecule has 1 N–H and O–H groups in total. The lowest BCUT2D eigenvalue weighted by Gasteiger charge is -2.06.